The summed E-state index contributed by atoms with van der Waals surface area (Å²) in [5, 5.41) is 2.72. The highest BCUT2D eigenvalue weighted by molar-refractivity contribution is 6.33. The van der Waals surface area contributed by atoms with Gasteiger partial charge < -0.3 is 21.5 Å². The maximum absolute atomic E-state index is 13.7. The van der Waals surface area contributed by atoms with Gasteiger partial charge in [-0.2, -0.15) is 0 Å². The topological polar surface area (TPSA) is 73.3 Å². The number of benzene rings is 1. The Balaban J connectivity index is 2.68. The SMILES string of the molecule is CC(C)OCCNc1c(N)cc(N)c(Cl)c1F. The van der Waals surface area contributed by atoms with Gasteiger partial charge in [0.25, 0.3) is 0 Å². The average Bonchev–Trinajstić information content (AvgIpc) is 2.24. The van der Waals surface area contributed by atoms with E-state index in [-0.39, 0.29) is 28.2 Å². The van der Waals surface area contributed by atoms with Gasteiger partial charge in [-0.1, -0.05) is 11.6 Å². The van der Waals surface area contributed by atoms with Crippen LogP contribution in [0.25, 0.3) is 0 Å². The van der Waals surface area contributed by atoms with Gasteiger partial charge in [0.15, 0.2) is 5.82 Å². The highest BCUT2D eigenvalue weighted by Gasteiger charge is 2.13. The van der Waals surface area contributed by atoms with E-state index in [1.165, 1.54) is 6.07 Å². The molecular formula is C11H17ClFN3O. The quantitative estimate of drug-likeness (QED) is 0.562. The molecule has 0 heterocycles. The van der Waals surface area contributed by atoms with Crippen LogP contribution in [0.1, 0.15) is 13.8 Å². The van der Waals surface area contributed by atoms with Crippen LogP contribution in [0.3, 0.4) is 0 Å². The molecule has 0 bridgehead atoms. The third-order valence-corrected chi connectivity index (χ3v) is 2.50. The third-order valence-electron chi connectivity index (χ3n) is 2.12. The van der Waals surface area contributed by atoms with E-state index in [1.54, 1.807) is 0 Å². The Labute approximate surface area is 105 Å². The summed E-state index contributed by atoms with van der Waals surface area (Å²) in [6.45, 7) is 4.75. The largest absolute Gasteiger partial charge is 0.397 e. The van der Waals surface area contributed by atoms with E-state index in [9.17, 15) is 4.39 Å². The first-order chi connectivity index (χ1) is 7.93. The van der Waals surface area contributed by atoms with Crippen LogP contribution in [-0.2, 0) is 4.74 Å². The van der Waals surface area contributed by atoms with Crippen molar-refractivity contribution in [2.75, 3.05) is 29.9 Å². The highest BCUT2D eigenvalue weighted by Crippen LogP contribution is 2.33. The molecule has 0 aromatic heterocycles. The summed E-state index contributed by atoms with van der Waals surface area (Å²) >= 11 is 5.69. The number of ether oxygens (including phenoxy) is 1. The van der Waals surface area contributed by atoms with Crippen molar-refractivity contribution in [1.82, 2.24) is 0 Å². The lowest BCUT2D eigenvalue weighted by molar-refractivity contribution is 0.0870. The third kappa shape index (κ3) is 3.64. The van der Waals surface area contributed by atoms with E-state index in [0.29, 0.717) is 13.2 Å². The molecule has 1 aromatic rings. The van der Waals surface area contributed by atoms with Gasteiger partial charge in [0.05, 0.1) is 29.8 Å². The summed E-state index contributed by atoms with van der Waals surface area (Å²) in [6.07, 6.45) is 0.133. The Kier molecular flexibility index (Phi) is 4.84. The van der Waals surface area contributed by atoms with E-state index in [0.717, 1.165) is 0 Å². The average molecular weight is 262 g/mol. The summed E-state index contributed by atoms with van der Waals surface area (Å²) < 4.78 is 19.0. The fourth-order valence-corrected chi connectivity index (χ4v) is 1.47. The van der Waals surface area contributed by atoms with Gasteiger partial charge in [-0.25, -0.2) is 4.39 Å². The first kappa shape index (κ1) is 13.9. The van der Waals surface area contributed by atoms with Crippen LogP contribution in [0, 0.1) is 5.82 Å². The normalized spacial score (nSPS) is 10.9. The molecule has 0 spiro atoms. The number of rotatable bonds is 5. The molecule has 0 radical (unpaired) electrons. The first-order valence-electron chi connectivity index (χ1n) is 5.32. The van der Waals surface area contributed by atoms with Gasteiger partial charge in [0.1, 0.15) is 5.02 Å². The van der Waals surface area contributed by atoms with Gasteiger partial charge in [-0.15, -0.1) is 0 Å². The molecule has 4 nitrogen and oxygen atoms in total. The summed E-state index contributed by atoms with van der Waals surface area (Å²) in [5.41, 5.74) is 11.7. The smallest absolute Gasteiger partial charge is 0.169 e. The van der Waals surface area contributed by atoms with Gasteiger partial charge in [0, 0.05) is 6.54 Å². The molecule has 17 heavy (non-hydrogen) atoms. The Morgan fingerprint density at radius 2 is 2.06 bits per heavy atom. The van der Waals surface area contributed by atoms with E-state index < -0.39 is 5.82 Å². The molecule has 0 fully saturated rings. The molecule has 1 rings (SSSR count). The van der Waals surface area contributed by atoms with Crippen molar-refractivity contribution in [2.24, 2.45) is 0 Å². The van der Waals surface area contributed by atoms with E-state index in [1.807, 2.05) is 13.8 Å². The molecule has 0 unspecified atom stereocenters. The Hall–Kier alpha value is -1.20. The van der Waals surface area contributed by atoms with Crippen molar-refractivity contribution in [3.63, 3.8) is 0 Å². The predicted molar refractivity (Wildman–Crippen MR) is 69.8 cm³/mol. The minimum atomic E-state index is -0.631. The summed E-state index contributed by atoms with van der Waals surface area (Å²) in [7, 11) is 0. The van der Waals surface area contributed by atoms with E-state index in [2.05, 4.69) is 5.32 Å². The zero-order valence-corrected chi connectivity index (χ0v) is 10.6. The van der Waals surface area contributed by atoms with Crippen LogP contribution >= 0.6 is 11.6 Å². The fraction of sp³-hybridized carbons (Fsp3) is 0.455. The second-order valence-electron chi connectivity index (χ2n) is 3.90. The zero-order valence-electron chi connectivity index (χ0n) is 9.89. The maximum Gasteiger partial charge on any atom is 0.169 e. The molecule has 0 amide bonds. The zero-order chi connectivity index (χ0) is 13.0. The molecule has 96 valence electrons. The minimum absolute atomic E-state index is 0.119. The predicted octanol–water partition coefficient (Wildman–Crippen LogP) is 2.48. The Morgan fingerprint density at radius 1 is 1.41 bits per heavy atom. The van der Waals surface area contributed by atoms with Gasteiger partial charge in [-0.3, -0.25) is 0 Å². The van der Waals surface area contributed by atoms with Crippen molar-refractivity contribution in [2.45, 2.75) is 20.0 Å². The van der Waals surface area contributed by atoms with Gasteiger partial charge in [0.2, 0.25) is 0 Å². The molecule has 1 aromatic carbocycles. The molecule has 0 aliphatic heterocycles. The monoisotopic (exact) mass is 261 g/mol. The van der Waals surface area contributed by atoms with Crippen molar-refractivity contribution >= 4 is 28.7 Å². The first-order valence-corrected chi connectivity index (χ1v) is 5.69. The molecule has 0 aliphatic carbocycles. The number of hydrogen-bond acceptors (Lipinski definition) is 4. The second-order valence-corrected chi connectivity index (χ2v) is 4.28. The van der Waals surface area contributed by atoms with Crippen LogP contribution in [-0.4, -0.2) is 19.3 Å². The minimum Gasteiger partial charge on any atom is -0.397 e. The fourth-order valence-electron chi connectivity index (χ4n) is 1.32. The summed E-state index contributed by atoms with van der Waals surface area (Å²) in [4.78, 5) is 0. The lowest BCUT2D eigenvalue weighted by Gasteiger charge is -2.13. The van der Waals surface area contributed by atoms with E-state index in [4.69, 9.17) is 27.8 Å². The van der Waals surface area contributed by atoms with Crippen molar-refractivity contribution in [3.05, 3.63) is 16.9 Å². The van der Waals surface area contributed by atoms with Crippen LogP contribution in [0.4, 0.5) is 21.5 Å². The lowest BCUT2D eigenvalue weighted by Crippen LogP contribution is -2.15. The molecule has 0 saturated heterocycles. The van der Waals surface area contributed by atoms with Crippen LogP contribution in [0.2, 0.25) is 5.02 Å². The standard InChI is InChI=1S/C11H17ClFN3O/c1-6(2)17-4-3-16-11-8(15)5-7(14)9(12)10(11)13/h5-6,16H,3-4,14-15H2,1-2H3. The Bertz CT molecular complexity index is 399. The molecule has 6 heteroatoms. The molecule has 0 aliphatic rings. The Morgan fingerprint density at radius 3 is 2.65 bits per heavy atom. The number of hydrogen-bond donors (Lipinski definition) is 3. The number of nitrogens with one attached hydrogen (secondary N) is 1. The van der Waals surface area contributed by atoms with Crippen molar-refractivity contribution in [1.29, 1.82) is 0 Å². The number of nitrogen functional groups attached to an aromatic ring is 2. The molecule has 0 saturated carbocycles. The molecule has 0 atom stereocenters. The number of halogens is 2. The molecule has 5 N–H and O–H groups in total. The van der Waals surface area contributed by atoms with Gasteiger partial charge in [-0.05, 0) is 19.9 Å². The maximum atomic E-state index is 13.7. The summed E-state index contributed by atoms with van der Waals surface area (Å²) in [5.74, 6) is -0.631. The van der Waals surface area contributed by atoms with Crippen molar-refractivity contribution < 1.29 is 9.13 Å². The van der Waals surface area contributed by atoms with Crippen LogP contribution < -0.4 is 16.8 Å². The second kappa shape index (κ2) is 5.93. The van der Waals surface area contributed by atoms with Crippen molar-refractivity contribution in [3.8, 4) is 0 Å². The summed E-state index contributed by atoms with van der Waals surface area (Å²) in [6, 6.07) is 1.43. The molecular weight excluding hydrogens is 245 g/mol. The number of anilines is 3. The van der Waals surface area contributed by atoms with Gasteiger partial charge >= 0.3 is 0 Å². The lowest BCUT2D eigenvalue weighted by atomic mass is 10.2. The highest BCUT2D eigenvalue weighted by atomic mass is 35.5. The van der Waals surface area contributed by atoms with Crippen LogP contribution in [0.5, 0.6) is 0 Å². The van der Waals surface area contributed by atoms with E-state index >= 15 is 0 Å². The number of nitrogens with two attached hydrogens (primary N) is 2. The van der Waals surface area contributed by atoms with Crippen LogP contribution in [0.15, 0.2) is 6.07 Å².